The van der Waals surface area contributed by atoms with Crippen molar-refractivity contribution in [3.8, 4) is 0 Å². The summed E-state index contributed by atoms with van der Waals surface area (Å²) in [6.07, 6.45) is 0.876. The number of halogens is 4. The van der Waals surface area contributed by atoms with Crippen molar-refractivity contribution in [2.45, 2.75) is 12.8 Å². The lowest BCUT2D eigenvalue weighted by Gasteiger charge is -2.10. The fraction of sp³-hybridized carbons (Fsp3) is 0.400. The van der Waals surface area contributed by atoms with E-state index in [0.29, 0.717) is 24.8 Å². The molecule has 0 saturated heterocycles. The zero-order chi connectivity index (χ0) is 13.8. The van der Waals surface area contributed by atoms with E-state index in [-0.39, 0.29) is 10.8 Å². The van der Waals surface area contributed by atoms with Crippen molar-refractivity contribution in [2.75, 3.05) is 16.4 Å². The van der Waals surface area contributed by atoms with Crippen molar-refractivity contribution in [1.82, 2.24) is 0 Å². The summed E-state index contributed by atoms with van der Waals surface area (Å²) in [4.78, 5) is 0. The summed E-state index contributed by atoms with van der Waals surface area (Å²) in [6.45, 7) is 0. The minimum absolute atomic E-state index is 0.202. The molecular formula is C10H11Cl2F2NO2S. The second-order valence-electron chi connectivity index (χ2n) is 3.56. The standard InChI is InChI=1S/C10H11Cl2F2NO2S/c11-3-1-2-4-18(16,17)15-10-8(12)5-7(13)6-9(10)14/h5-6,15H,1-4H2. The van der Waals surface area contributed by atoms with Crippen LogP contribution >= 0.6 is 23.2 Å². The van der Waals surface area contributed by atoms with Crippen molar-refractivity contribution in [3.05, 3.63) is 28.8 Å². The van der Waals surface area contributed by atoms with Crippen LogP contribution in [0.3, 0.4) is 0 Å². The minimum atomic E-state index is -3.72. The fourth-order valence-corrected chi connectivity index (χ4v) is 2.92. The lowest BCUT2D eigenvalue weighted by molar-refractivity contribution is 0.582. The van der Waals surface area contributed by atoms with Crippen molar-refractivity contribution in [1.29, 1.82) is 0 Å². The van der Waals surface area contributed by atoms with Crippen molar-refractivity contribution >= 4 is 38.9 Å². The number of benzene rings is 1. The van der Waals surface area contributed by atoms with Gasteiger partial charge in [0.2, 0.25) is 10.0 Å². The molecule has 0 aliphatic rings. The molecule has 0 fully saturated rings. The van der Waals surface area contributed by atoms with Gasteiger partial charge in [-0.25, -0.2) is 17.2 Å². The molecule has 0 spiro atoms. The Morgan fingerprint density at radius 2 is 1.89 bits per heavy atom. The number of nitrogens with one attached hydrogen (secondary N) is 1. The van der Waals surface area contributed by atoms with E-state index in [0.717, 1.165) is 6.07 Å². The van der Waals surface area contributed by atoms with Gasteiger partial charge in [0.05, 0.1) is 10.8 Å². The van der Waals surface area contributed by atoms with Crippen LogP contribution in [0.15, 0.2) is 12.1 Å². The third-order valence-electron chi connectivity index (χ3n) is 2.06. The molecule has 0 heterocycles. The molecule has 0 aliphatic heterocycles. The molecule has 1 aromatic carbocycles. The highest BCUT2D eigenvalue weighted by Crippen LogP contribution is 2.27. The smallest absolute Gasteiger partial charge is 0.232 e. The van der Waals surface area contributed by atoms with Crippen molar-refractivity contribution in [2.24, 2.45) is 0 Å². The minimum Gasteiger partial charge on any atom is -0.279 e. The Hall–Kier alpha value is -0.590. The van der Waals surface area contributed by atoms with E-state index in [1.54, 1.807) is 0 Å². The van der Waals surface area contributed by atoms with Gasteiger partial charge in [0.1, 0.15) is 11.5 Å². The summed E-state index contributed by atoms with van der Waals surface area (Å²) in [5.74, 6) is -1.78. The van der Waals surface area contributed by atoms with Crippen LogP contribution in [0.5, 0.6) is 0 Å². The summed E-state index contributed by atoms with van der Waals surface area (Å²) in [6, 6.07) is 1.39. The van der Waals surface area contributed by atoms with Gasteiger partial charge in [0.15, 0.2) is 5.82 Å². The highest BCUT2D eigenvalue weighted by atomic mass is 35.5. The zero-order valence-electron chi connectivity index (χ0n) is 9.22. The Morgan fingerprint density at radius 3 is 2.44 bits per heavy atom. The summed E-state index contributed by atoms with van der Waals surface area (Å²) in [7, 11) is -3.72. The van der Waals surface area contributed by atoms with Gasteiger partial charge in [0.25, 0.3) is 0 Å². The third kappa shape index (κ3) is 4.59. The maximum Gasteiger partial charge on any atom is 0.232 e. The number of unbranched alkanes of at least 4 members (excludes halogenated alkanes) is 1. The maximum atomic E-state index is 13.4. The summed E-state index contributed by atoms with van der Waals surface area (Å²) in [5.41, 5.74) is -0.441. The Labute approximate surface area is 114 Å². The summed E-state index contributed by atoms with van der Waals surface area (Å²) >= 11 is 11.0. The average molecular weight is 318 g/mol. The van der Waals surface area contributed by atoms with Gasteiger partial charge in [-0.05, 0) is 18.9 Å². The van der Waals surface area contributed by atoms with Crippen LogP contribution in [-0.2, 0) is 10.0 Å². The molecule has 8 heteroatoms. The number of sulfonamides is 1. The largest absolute Gasteiger partial charge is 0.279 e. The molecule has 0 aliphatic carbocycles. The predicted molar refractivity (Wildman–Crippen MR) is 68.7 cm³/mol. The van der Waals surface area contributed by atoms with Crippen LogP contribution < -0.4 is 4.72 Å². The first-order valence-electron chi connectivity index (χ1n) is 5.07. The number of hydrogen-bond acceptors (Lipinski definition) is 2. The average Bonchev–Trinajstić information content (AvgIpc) is 2.23. The zero-order valence-corrected chi connectivity index (χ0v) is 11.5. The Bertz CT molecular complexity index is 500. The van der Waals surface area contributed by atoms with Crippen LogP contribution in [0.2, 0.25) is 5.02 Å². The molecule has 0 unspecified atom stereocenters. The molecule has 3 nitrogen and oxygen atoms in total. The highest BCUT2D eigenvalue weighted by Gasteiger charge is 2.16. The number of alkyl halides is 1. The van der Waals surface area contributed by atoms with Gasteiger partial charge >= 0.3 is 0 Å². The molecule has 1 aromatic rings. The predicted octanol–water partition coefficient (Wildman–Crippen LogP) is 3.38. The van der Waals surface area contributed by atoms with E-state index in [1.807, 2.05) is 4.72 Å². The van der Waals surface area contributed by atoms with Gasteiger partial charge < -0.3 is 0 Å². The first kappa shape index (κ1) is 15.5. The summed E-state index contributed by atoms with van der Waals surface area (Å²) in [5, 5.41) is -0.326. The number of rotatable bonds is 6. The summed E-state index contributed by atoms with van der Waals surface area (Å²) < 4.78 is 51.3. The van der Waals surface area contributed by atoms with E-state index in [9.17, 15) is 17.2 Å². The molecule has 0 bridgehead atoms. The topological polar surface area (TPSA) is 46.2 Å². The van der Waals surface area contributed by atoms with Gasteiger partial charge in [-0.1, -0.05) is 11.6 Å². The molecule has 0 amide bonds. The lowest BCUT2D eigenvalue weighted by Crippen LogP contribution is -2.18. The number of anilines is 1. The van der Waals surface area contributed by atoms with E-state index in [2.05, 4.69) is 0 Å². The number of hydrogen-bond donors (Lipinski definition) is 1. The lowest BCUT2D eigenvalue weighted by atomic mass is 10.3. The molecule has 102 valence electrons. The van der Waals surface area contributed by atoms with Crippen LogP contribution in [0.1, 0.15) is 12.8 Å². The maximum absolute atomic E-state index is 13.4. The molecule has 0 saturated carbocycles. The molecule has 0 radical (unpaired) electrons. The van der Waals surface area contributed by atoms with Crippen molar-refractivity contribution < 1.29 is 17.2 Å². The Morgan fingerprint density at radius 1 is 1.22 bits per heavy atom. The van der Waals surface area contributed by atoms with E-state index in [1.165, 1.54) is 0 Å². The van der Waals surface area contributed by atoms with E-state index < -0.39 is 27.3 Å². The van der Waals surface area contributed by atoms with Gasteiger partial charge in [-0.3, -0.25) is 4.72 Å². The quantitative estimate of drug-likeness (QED) is 0.645. The highest BCUT2D eigenvalue weighted by molar-refractivity contribution is 7.92. The molecular weight excluding hydrogens is 307 g/mol. The Kier molecular flexibility index (Phi) is 5.62. The molecule has 1 rings (SSSR count). The second kappa shape index (κ2) is 6.54. The SMILES string of the molecule is O=S(=O)(CCCCCl)Nc1c(F)cc(F)cc1Cl. The van der Waals surface area contributed by atoms with Crippen molar-refractivity contribution in [3.63, 3.8) is 0 Å². The first-order chi connectivity index (χ1) is 8.35. The van der Waals surface area contributed by atoms with Crippen LogP contribution in [0, 0.1) is 11.6 Å². The molecule has 18 heavy (non-hydrogen) atoms. The normalized spacial score (nSPS) is 11.6. The van der Waals surface area contributed by atoms with Crippen LogP contribution in [-0.4, -0.2) is 20.1 Å². The molecule has 0 aromatic heterocycles. The molecule has 1 N–H and O–H groups in total. The second-order valence-corrected chi connectivity index (χ2v) is 6.19. The van der Waals surface area contributed by atoms with Crippen LogP contribution in [0.25, 0.3) is 0 Å². The van der Waals surface area contributed by atoms with Gasteiger partial charge in [-0.2, -0.15) is 0 Å². The van der Waals surface area contributed by atoms with Crippen LogP contribution in [0.4, 0.5) is 14.5 Å². The monoisotopic (exact) mass is 317 g/mol. The fourth-order valence-electron chi connectivity index (χ4n) is 1.23. The Balaban J connectivity index is 2.84. The first-order valence-corrected chi connectivity index (χ1v) is 7.63. The third-order valence-corrected chi connectivity index (χ3v) is 3.97. The molecule has 0 atom stereocenters. The van der Waals surface area contributed by atoms with Gasteiger partial charge in [-0.15, -0.1) is 11.6 Å². The van der Waals surface area contributed by atoms with E-state index in [4.69, 9.17) is 23.2 Å². The van der Waals surface area contributed by atoms with E-state index >= 15 is 0 Å². The van der Waals surface area contributed by atoms with Gasteiger partial charge in [0, 0.05) is 11.9 Å².